The van der Waals surface area contributed by atoms with Gasteiger partial charge in [-0.3, -0.25) is 9.78 Å². The number of nitrogens with zero attached hydrogens (tertiary/aromatic N) is 2. The van der Waals surface area contributed by atoms with Gasteiger partial charge in [-0.05, 0) is 36.0 Å². The van der Waals surface area contributed by atoms with Crippen LogP contribution in [0.1, 0.15) is 69.7 Å². The Labute approximate surface area is 197 Å². The molecule has 0 bridgehead atoms. The fourth-order valence-electron chi connectivity index (χ4n) is 3.97. The summed E-state index contributed by atoms with van der Waals surface area (Å²) < 4.78 is 28.2. The van der Waals surface area contributed by atoms with Crippen molar-refractivity contribution in [2.75, 3.05) is 5.32 Å². The van der Waals surface area contributed by atoms with Crippen LogP contribution in [0.4, 0.5) is 13.8 Å². The molecule has 174 valence electrons. The number of fused-ring (bicyclic) bond motifs is 1. The van der Waals surface area contributed by atoms with Crippen LogP contribution in [0.25, 0.3) is 10.6 Å². The topological polar surface area (TPSA) is 92.2 Å². The van der Waals surface area contributed by atoms with Gasteiger partial charge in [0.25, 0.3) is 11.8 Å². The number of thiazole rings is 1. The van der Waals surface area contributed by atoms with Gasteiger partial charge in [0.1, 0.15) is 15.7 Å². The molecule has 10 heteroatoms. The van der Waals surface area contributed by atoms with Gasteiger partial charge in [-0.25, -0.2) is 18.6 Å². The fourth-order valence-corrected chi connectivity index (χ4v) is 6.23. The summed E-state index contributed by atoms with van der Waals surface area (Å²) in [5.41, 5.74) is 1.78. The fraction of sp³-hybridized carbons (Fsp3) is 0.391. The van der Waals surface area contributed by atoms with Crippen LogP contribution >= 0.6 is 22.7 Å². The molecule has 0 unspecified atom stereocenters. The van der Waals surface area contributed by atoms with Gasteiger partial charge >= 0.3 is 5.97 Å². The van der Waals surface area contributed by atoms with Crippen LogP contribution in [0.3, 0.4) is 0 Å². The van der Waals surface area contributed by atoms with Crippen LogP contribution in [-0.4, -0.2) is 32.9 Å². The number of halogens is 2. The van der Waals surface area contributed by atoms with E-state index in [0.29, 0.717) is 26.0 Å². The lowest BCUT2D eigenvalue weighted by atomic mass is 9.83. The molecule has 6 nitrogen and oxygen atoms in total. The molecule has 0 aromatic carbocycles. The molecule has 0 spiro atoms. The minimum Gasteiger partial charge on any atom is -0.478 e. The Balaban J connectivity index is 1.80. The van der Waals surface area contributed by atoms with Crippen molar-refractivity contribution in [2.24, 2.45) is 0 Å². The molecule has 4 rings (SSSR count). The smallest absolute Gasteiger partial charge is 0.338 e. The van der Waals surface area contributed by atoms with Gasteiger partial charge in [-0.2, -0.15) is 0 Å². The summed E-state index contributed by atoms with van der Waals surface area (Å²) in [7, 11) is 0. The number of carboxylic acids is 1. The predicted octanol–water partition coefficient (Wildman–Crippen LogP) is 5.95. The van der Waals surface area contributed by atoms with E-state index in [-0.39, 0.29) is 24.1 Å². The Bertz CT molecular complexity index is 1260. The molecule has 1 amide bonds. The number of aromatic nitrogens is 2. The molecule has 1 aliphatic rings. The quantitative estimate of drug-likeness (QED) is 0.471. The molecule has 2 N–H and O–H groups in total. The number of rotatable bonds is 4. The monoisotopic (exact) mass is 491 g/mol. The van der Waals surface area contributed by atoms with Gasteiger partial charge in [0.05, 0.1) is 5.56 Å². The van der Waals surface area contributed by atoms with Crippen LogP contribution in [-0.2, 0) is 18.3 Å². The summed E-state index contributed by atoms with van der Waals surface area (Å²) >= 11 is 2.47. The third-order valence-electron chi connectivity index (χ3n) is 5.50. The van der Waals surface area contributed by atoms with Crippen molar-refractivity contribution in [2.45, 2.75) is 58.3 Å². The van der Waals surface area contributed by atoms with Crippen molar-refractivity contribution < 1.29 is 23.5 Å². The first kappa shape index (κ1) is 23.4. The number of aryl methyl sites for hydroxylation is 1. The molecule has 0 saturated heterocycles. The lowest BCUT2D eigenvalue weighted by Gasteiger charge is -2.22. The van der Waals surface area contributed by atoms with E-state index in [4.69, 9.17) is 0 Å². The first-order valence-electron chi connectivity index (χ1n) is 10.4. The second-order valence-electron chi connectivity index (χ2n) is 9.13. The van der Waals surface area contributed by atoms with Gasteiger partial charge in [-0.15, -0.1) is 22.7 Å². The average molecular weight is 492 g/mol. The van der Waals surface area contributed by atoms with Crippen LogP contribution in [0.5, 0.6) is 0 Å². The Hall–Kier alpha value is -2.72. The van der Waals surface area contributed by atoms with Gasteiger partial charge in [0, 0.05) is 40.6 Å². The predicted molar refractivity (Wildman–Crippen MR) is 125 cm³/mol. The van der Waals surface area contributed by atoms with Crippen LogP contribution in [0, 0.1) is 6.92 Å². The number of carboxylic acid groups (broad SMARTS) is 1. The lowest BCUT2D eigenvalue weighted by molar-refractivity contribution is -0.0111. The standard InChI is InChI=1S/C23H23F2N3O3S2/c1-11-10-32-19(27-11)15-12-5-7-23(24,25)9-14(12)33-20(15)28-18(29)17-16(21(30)31)13(6-8-26-17)22(2,3)4/h6,8,10H,5,7,9H2,1-4H3,(H,28,29)(H,30,31). The third kappa shape index (κ3) is 4.54. The van der Waals surface area contributed by atoms with E-state index < -0.39 is 29.6 Å². The van der Waals surface area contributed by atoms with E-state index in [1.165, 1.54) is 17.5 Å². The third-order valence-corrected chi connectivity index (χ3v) is 7.62. The maximum atomic E-state index is 14.1. The first-order valence-corrected chi connectivity index (χ1v) is 12.1. The van der Waals surface area contributed by atoms with E-state index in [0.717, 1.165) is 22.6 Å². The van der Waals surface area contributed by atoms with Crippen molar-refractivity contribution in [1.82, 2.24) is 9.97 Å². The Morgan fingerprint density at radius 2 is 2.00 bits per heavy atom. The van der Waals surface area contributed by atoms with Gasteiger partial charge in [0.2, 0.25) is 0 Å². The molecule has 33 heavy (non-hydrogen) atoms. The highest BCUT2D eigenvalue weighted by Crippen LogP contribution is 2.48. The van der Waals surface area contributed by atoms with E-state index in [2.05, 4.69) is 15.3 Å². The number of carbonyl (C=O) groups is 2. The maximum absolute atomic E-state index is 14.1. The Morgan fingerprint density at radius 3 is 2.61 bits per heavy atom. The largest absolute Gasteiger partial charge is 0.478 e. The number of carbonyl (C=O) groups excluding carboxylic acids is 1. The highest BCUT2D eigenvalue weighted by molar-refractivity contribution is 7.18. The zero-order valence-electron chi connectivity index (χ0n) is 18.6. The second kappa shape index (κ2) is 8.25. The normalized spacial score (nSPS) is 15.2. The molecule has 0 aliphatic heterocycles. The highest BCUT2D eigenvalue weighted by atomic mass is 32.1. The van der Waals surface area contributed by atoms with Crippen molar-refractivity contribution in [3.8, 4) is 10.6 Å². The number of amides is 1. The van der Waals surface area contributed by atoms with Crippen LogP contribution in [0.15, 0.2) is 17.6 Å². The van der Waals surface area contributed by atoms with Crippen molar-refractivity contribution >= 4 is 39.6 Å². The van der Waals surface area contributed by atoms with Crippen LogP contribution in [0.2, 0.25) is 0 Å². The summed E-state index contributed by atoms with van der Waals surface area (Å²) in [4.78, 5) is 34.4. The Kier molecular flexibility index (Phi) is 5.86. The lowest BCUT2D eigenvalue weighted by Crippen LogP contribution is -2.24. The molecule has 3 aromatic rings. The zero-order chi connectivity index (χ0) is 24.1. The van der Waals surface area contributed by atoms with Crippen molar-refractivity contribution in [1.29, 1.82) is 0 Å². The number of hydrogen-bond donors (Lipinski definition) is 2. The number of nitrogens with one attached hydrogen (secondary N) is 1. The molecule has 0 radical (unpaired) electrons. The summed E-state index contributed by atoms with van der Waals surface area (Å²) in [6, 6.07) is 1.59. The minimum atomic E-state index is -2.80. The first-order chi connectivity index (χ1) is 15.4. The summed E-state index contributed by atoms with van der Waals surface area (Å²) in [6.45, 7) is 7.40. The van der Waals surface area contributed by atoms with E-state index in [1.807, 2.05) is 33.1 Å². The van der Waals surface area contributed by atoms with Crippen LogP contribution < -0.4 is 5.32 Å². The van der Waals surface area contributed by atoms with E-state index in [1.54, 1.807) is 6.07 Å². The number of anilines is 1. The average Bonchev–Trinajstić information content (AvgIpc) is 3.27. The second-order valence-corrected chi connectivity index (χ2v) is 11.1. The summed E-state index contributed by atoms with van der Waals surface area (Å²) in [6.07, 6.45) is 0.937. The van der Waals surface area contributed by atoms with Gasteiger partial charge in [0.15, 0.2) is 0 Å². The molecule has 3 aromatic heterocycles. The van der Waals surface area contributed by atoms with Crippen molar-refractivity contribution in [3.63, 3.8) is 0 Å². The highest BCUT2D eigenvalue weighted by Gasteiger charge is 2.38. The number of pyridine rings is 1. The van der Waals surface area contributed by atoms with E-state index >= 15 is 0 Å². The number of hydrogen-bond acceptors (Lipinski definition) is 6. The molecule has 0 fully saturated rings. The molecule has 0 atom stereocenters. The summed E-state index contributed by atoms with van der Waals surface area (Å²) in [5, 5.41) is 15.5. The SMILES string of the molecule is Cc1csc(-c2c(NC(=O)c3nccc(C(C)(C)C)c3C(=O)O)sc3c2CCC(F)(F)C3)n1. The van der Waals surface area contributed by atoms with Crippen molar-refractivity contribution in [3.05, 3.63) is 50.6 Å². The number of thiophene rings is 1. The molecule has 0 saturated carbocycles. The molecule has 3 heterocycles. The molecular formula is C23H23F2N3O3S2. The Morgan fingerprint density at radius 1 is 1.27 bits per heavy atom. The number of aromatic carboxylic acids is 1. The van der Waals surface area contributed by atoms with Gasteiger partial charge < -0.3 is 10.4 Å². The van der Waals surface area contributed by atoms with E-state index in [9.17, 15) is 23.5 Å². The maximum Gasteiger partial charge on any atom is 0.338 e. The minimum absolute atomic E-state index is 0.165. The molecule has 1 aliphatic carbocycles. The zero-order valence-corrected chi connectivity index (χ0v) is 20.2. The molecular weight excluding hydrogens is 468 g/mol. The number of alkyl halides is 2. The van der Waals surface area contributed by atoms with Gasteiger partial charge in [-0.1, -0.05) is 20.8 Å². The summed E-state index contributed by atoms with van der Waals surface area (Å²) in [5.74, 6) is -4.74.